The number of fused-ring (bicyclic) bond motifs is 1. The van der Waals surface area contributed by atoms with Crippen molar-refractivity contribution in [3.63, 3.8) is 0 Å². The molecule has 3 N–H and O–H groups in total. The van der Waals surface area contributed by atoms with E-state index < -0.39 is 5.97 Å². The van der Waals surface area contributed by atoms with Crippen molar-refractivity contribution in [1.82, 2.24) is 10.6 Å². The van der Waals surface area contributed by atoms with Crippen molar-refractivity contribution in [1.29, 1.82) is 0 Å². The van der Waals surface area contributed by atoms with Crippen LogP contribution >= 0.6 is 0 Å². The summed E-state index contributed by atoms with van der Waals surface area (Å²) in [6, 6.07) is 10.2. The van der Waals surface area contributed by atoms with Gasteiger partial charge in [-0.3, -0.25) is 4.79 Å². The van der Waals surface area contributed by atoms with Gasteiger partial charge in [0, 0.05) is 17.5 Å². The summed E-state index contributed by atoms with van der Waals surface area (Å²) in [6.07, 6.45) is 0.818. The summed E-state index contributed by atoms with van der Waals surface area (Å²) in [5.41, 5.74) is 0.545. The summed E-state index contributed by atoms with van der Waals surface area (Å²) in [6.45, 7) is 1.36. The molecule has 0 bridgehead atoms. The Morgan fingerprint density at radius 3 is 2.33 bits per heavy atom. The summed E-state index contributed by atoms with van der Waals surface area (Å²) in [7, 11) is 1.85. The molecule has 21 heavy (non-hydrogen) atoms. The number of hydrogen-bond acceptors (Lipinski definition) is 3. The molecule has 0 fully saturated rings. The molecule has 5 heteroatoms. The lowest BCUT2D eigenvalue weighted by atomic mass is 9.98. The van der Waals surface area contributed by atoms with Gasteiger partial charge in [0.15, 0.2) is 0 Å². The van der Waals surface area contributed by atoms with Crippen molar-refractivity contribution in [3.8, 4) is 0 Å². The van der Waals surface area contributed by atoms with E-state index in [4.69, 9.17) is 0 Å². The highest BCUT2D eigenvalue weighted by Gasteiger charge is 2.15. The third kappa shape index (κ3) is 3.38. The Hall–Kier alpha value is -2.40. The van der Waals surface area contributed by atoms with Gasteiger partial charge in [0.1, 0.15) is 0 Å². The molecule has 0 aliphatic heterocycles. The molecule has 0 spiro atoms. The fourth-order valence-corrected chi connectivity index (χ4v) is 2.27. The normalized spacial score (nSPS) is 10.5. The Kier molecular flexibility index (Phi) is 4.90. The number of carboxylic acid groups (broad SMARTS) is 1. The molecule has 5 nitrogen and oxygen atoms in total. The third-order valence-electron chi connectivity index (χ3n) is 3.27. The first-order valence-electron chi connectivity index (χ1n) is 6.83. The summed E-state index contributed by atoms with van der Waals surface area (Å²) in [4.78, 5) is 23.6. The zero-order valence-electron chi connectivity index (χ0n) is 11.8. The average Bonchev–Trinajstić information content (AvgIpc) is 2.50. The molecule has 110 valence electrons. The van der Waals surface area contributed by atoms with Crippen LogP contribution in [0.25, 0.3) is 10.8 Å². The zero-order chi connectivity index (χ0) is 15.2. The lowest BCUT2D eigenvalue weighted by Crippen LogP contribution is -2.27. The molecule has 0 heterocycles. The molecule has 0 atom stereocenters. The van der Waals surface area contributed by atoms with Crippen LogP contribution in [0, 0.1) is 0 Å². The molecule has 0 unspecified atom stereocenters. The average molecular weight is 286 g/mol. The molecule has 0 radical (unpaired) electrons. The second-order valence-electron chi connectivity index (χ2n) is 4.73. The molecular formula is C16H18N2O3. The van der Waals surface area contributed by atoms with E-state index in [1.807, 2.05) is 7.05 Å². The topological polar surface area (TPSA) is 78.4 Å². The summed E-state index contributed by atoms with van der Waals surface area (Å²) >= 11 is 0. The minimum absolute atomic E-state index is 0.147. The van der Waals surface area contributed by atoms with Crippen molar-refractivity contribution in [2.75, 3.05) is 20.1 Å². The summed E-state index contributed by atoms with van der Waals surface area (Å²) < 4.78 is 0. The lowest BCUT2D eigenvalue weighted by Gasteiger charge is -2.10. The van der Waals surface area contributed by atoms with Crippen LogP contribution in [-0.4, -0.2) is 37.1 Å². The number of benzene rings is 2. The van der Waals surface area contributed by atoms with Gasteiger partial charge >= 0.3 is 5.97 Å². The lowest BCUT2D eigenvalue weighted by molar-refractivity contribution is 0.0699. The maximum absolute atomic E-state index is 12.3. The number of nitrogens with one attached hydrogen (secondary N) is 2. The number of aromatic carboxylic acids is 1. The highest BCUT2D eigenvalue weighted by atomic mass is 16.4. The van der Waals surface area contributed by atoms with Crippen molar-refractivity contribution < 1.29 is 14.7 Å². The molecule has 2 aromatic rings. The van der Waals surface area contributed by atoms with Crippen LogP contribution in [0.5, 0.6) is 0 Å². The molecule has 2 aromatic carbocycles. The van der Waals surface area contributed by atoms with Crippen LogP contribution in [-0.2, 0) is 0 Å². The molecule has 0 aromatic heterocycles. The van der Waals surface area contributed by atoms with Gasteiger partial charge in [0.05, 0.1) is 5.56 Å². The van der Waals surface area contributed by atoms with E-state index >= 15 is 0 Å². The number of rotatable bonds is 6. The predicted octanol–water partition coefficient (Wildman–Crippen LogP) is 1.88. The van der Waals surface area contributed by atoms with Gasteiger partial charge < -0.3 is 15.7 Å². The van der Waals surface area contributed by atoms with Gasteiger partial charge in [-0.05, 0) is 37.5 Å². The Labute approximate surface area is 123 Å². The monoisotopic (exact) mass is 286 g/mol. The van der Waals surface area contributed by atoms with Gasteiger partial charge in [-0.2, -0.15) is 0 Å². The van der Waals surface area contributed by atoms with E-state index in [0.717, 1.165) is 18.4 Å². The van der Waals surface area contributed by atoms with Crippen LogP contribution < -0.4 is 10.6 Å². The maximum Gasteiger partial charge on any atom is 0.336 e. The predicted molar refractivity (Wildman–Crippen MR) is 81.8 cm³/mol. The van der Waals surface area contributed by atoms with Gasteiger partial charge in [-0.1, -0.05) is 24.3 Å². The van der Waals surface area contributed by atoms with Crippen LogP contribution in [0.15, 0.2) is 36.4 Å². The number of carbonyl (C=O) groups is 2. The van der Waals surface area contributed by atoms with E-state index in [0.29, 0.717) is 17.5 Å². The molecule has 1 amide bonds. The molecule has 2 rings (SSSR count). The second kappa shape index (κ2) is 6.85. The number of carbonyl (C=O) groups excluding carboxylic acids is 1. The standard InChI is InChI=1S/C16H18N2O3/c1-17-9-4-10-18-15(19)12-7-2-5-11-6-3-8-13(14(11)12)16(20)21/h2-3,5-8,17H,4,9-10H2,1H3,(H,18,19)(H,20,21). The summed E-state index contributed by atoms with van der Waals surface area (Å²) in [5.74, 6) is -1.28. The smallest absolute Gasteiger partial charge is 0.336 e. The maximum atomic E-state index is 12.3. The highest BCUT2D eigenvalue weighted by Crippen LogP contribution is 2.23. The fraction of sp³-hybridized carbons (Fsp3) is 0.250. The molecule has 0 saturated carbocycles. The Morgan fingerprint density at radius 2 is 1.71 bits per heavy atom. The summed E-state index contributed by atoms with van der Waals surface area (Å²) in [5, 5.41) is 16.4. The Bertz CT molecular complexity index is 662. The Morgan fingerprint density at radius 1 is 1.05 bits per heavy atom. The molecule has 0 aliphatic rings. The van der Waals surface area contributed by atoms with E-state index in [9.17, 15) is 14.7 Å². The van der Waals surface area contributed by atoms with E-state index in [1.54, 1.807) is 30.3 Å². The first kappa shape index (κ1) is 15.0. The molecule has 0 saturated heterocycles. The van der Waals surface area contributed by atoms with Crippen molar-refractivity contribution in [2.24, 2.45) is 0 Å². The van der Waals surface area contributed by atoms with E-state index in [-0.39, 0.29) is 11.5 Å². The largest absolute Gasteiger partial charge is 0.478 e. The van der Waals surface area contributed by atoms with Crippen LogP contribution in [0.2, 0.25) is 0 Å². The van der Waals surface area contributed by atoms with Crippen molar-refractivity contribution in [3.05, 3.63) is 47.5 Å². The highest BCUT2D eigenvalue weighted by molar-refractivity contribution is 6.14. The van der Waals surface area contributed by atoms with Gasteiger partial charge in [0.2, 0.25) is 0 Å². The van der Waals surface area contributed by atoms with E-state index in [2.05, 4.69) is 10.6 Å². The quantitative estimate of drug-likeness (QED) is 0.708. The van der Waals surface area contributed by atoms with Crippen LogP contribution in [0.1, 0.15) is 27.1 Å². The minimum atomic E-state index is -1.03. The van der Waals surface area contributed by atoms with E-state index in [1.165, 1.54) is 6.07 Å². The minimum Gasteiger partial charge on any atom is -0.478 e. The molecule has 0 aliphatic carbocycles. The number of amides is 1. The first-order chi connectivity index (χ1) is 10.1. The van der Waals surface area contributed by atoms with Crippen LogP contribution in [0.3, 0.4) is 0 Å². The number of carboxylic acids is 1. The van der Waals surface area contributed by atoms with Gasteiger partial charge in [0.25, 0.3) is 5.91 Å². The third-order valence-corrected chi connectivity index (χ3v) is 3.27. The Balaban J connectivity index is 2.35. The zero-order valence-corrected chi connectivity index (χ0v) is 11.8. The van der Waals surface area contributed by atoms with Crippen LogP contribution in [0.4, 0.5) is 0 Å². The SMILES string of the molecule is CNCCCNC(=O)c1cccc2cccc(C(=O)O)c12. The second-order valence-corrected chi connectivity index (χ2v) is 4.73. The molecular weight excluding hydrogens is 268 g/mol. The van der Waals surface area contributed by atoms with Gasteiger partial charge in [-0.25, -0.2) is 4.79 Å². The first-order valence-corrected chi connectivity index (χ1v) is 6.83. The van der Waals surface area contributed by atoms with Crippen molar-refractivity contribution in [2.45, 2.75) is 6.42 Å². The van der Waals surface area contributed by atoms with Crippen molar-refractivity contribution >= 4 is 22.6 Å². The number of hydrogen-bond donors (Lipinski definition) is 3. The fourth-order valence-electron chi connectivity index (χ4n) is 2.27. The van der Waals surface area contributed by atoms with Gasteiger partial charge in [-0.15, -0.1) is 0 Å².